The second kappa shape index (κ2) is 4.32. The van der Waals surface area contributed by atoms with E-state index in [2.05, 4.69) is 11.3 Å². The van der Waals surface area contributed by atoms with Crippen molar-refractivity contribution in [2.24, 2.45) is 0 Å². The Hall–Kier alpha value is -1.52. The zero-order chi connectivity index (χ0) is 8.85. The fourth-order valence-corrected chi connectivity index (χ4v) is 0.259. The Morgan fingerprint density at radius 3 is 2.18 bits per heavy atom. The predicted octanol–water partition coefficient (Wildman–Crippen LogP) is 1.02. The van der Waals surface area contributed by atoms with Crippen molar-refractivity contribution < 1.29 is 23.1 Å². The van der Waals surface area contributed by atoms with Crippen LogP contribution in [-0.4, -0.2) is 11.9 Å². The van der Waals surface area contributed by atoms with Crippen molar-refractivity contribution in [3.05, 3.63) is 24.8 Å². The lowest BCUT2D eigenvalue weighted by Gasteiger charge is -1.91. The Morgan fingerprint density at radius 1 is 1.27 bits per heavy atom. The molecule has 0 saturated heterocycles. The standard InChI is InChI=1S/C6H4F2O3/c1-2-5(9)11-6(10)3-4(7)8/h2-3H,1H2. The second-order valence-corrected chi connectivity index (χ2v) is 1.38. The van der Waals surface area contributed by atoms with E-state index in [9.17, 15) is 18.4 Å². The van der Waals surface area contributed by atoms with Gasteiger partial charge in [0.25, 0.3) is 6.08 Å². The van der Waals surface area contributed by atoms with E-state index in [0.717, 1.165) is 0 Å². The molecular formula is C6H4F2O3. The lowest BCUT2D eigenvalue weighted by molar-refractivity contribution is -0.152. The first-order chi connectivity index (χ1) is 5.06. The molecule has 0 fully saturated rings. The van der Waals surface area contributed by atoms with E-state index in [1.165, 1.54) is 0 Å². The quantitative estimate of drug-likeness (QED) is 0.346. The molecule has 5 heteroatoms. The summed E-state index contributed by atoms with van der Waals surface area (Å²) >= 11 is 0. The molecule has 0 aliphatic rings. The Kier molecular flexibility index (Phi) is 3.72. The molecule has 0 amide bonds. The maximum Gasteiger partial charge on any atom is 0.344 e. The summed E-state index contributed by atoms with van der Waals surface area (Å²) in [5, 5.41) is 0. The van der Waals surface area contributed by atoms with Gasteiger partial charge >= 0.3 is 11.9 Å². The summed E-state index contributed by atoms with van der Waals surface area (Å²) in [4.78, 5) is 20.3. The minimum Gasteiger partial charge on any atom is -0.386 e. The monoisotopic (exact) mass is 162 g/mol. The van der Waals surface area contributed by atoms with Gasteiger partial charge in [-0.1, -0.05) is 6.58 Å². The summed E-state index contributed by atoms with van der Waals surface area (Å²) in [6, 6.07) is 0. The maximum absolute atomic E-state index is 11.3. The number of hydrogen-bond donors (Lipinski definition) is 0. The molecule has 0 aliphatic carbocycles. The lowest BCUT2D eigenvalue weighted by Crippen LogP contribution is -2.06. The SMILES string of the molecule is C=CC(=O)OC(=O)C=C(F)F. The van der Waals surface area contributed by atoms with Gasteiger partial charge in [-0.15, -0.1) is 0 Å². The van der Waals surface area contributed by atoms with Gasteiger partial charge < -0.3 is 4.74 Å². The van der Waals surface area contributed by atoms with E-state index in [0.29, 0.717) is 6.08 Å². The van der Waals surface area contributed by atoms with Gasteiger partial charge in [0.05, 0.1) is 6.08 Å². The molecule has 60 valence electrons. The molecule has 0 aromatic heterocycles. The summed E-state index contributed by atoms with van der Waals surface area (Å²) in [5.41, 5.74) is 0. The van der Waals surface area contributed by atoms with Crippen LogP contribution >= 0.6 is 0 Å². The smallest absolute Gasteiger partial charge is 0.344 e. The topological polar surface area (TPSA) is 43.4 Å². The summed E-state index contributed by atoms with van der Waals surface area (Å²) in [7, 11) is 0. The lowest BCUT2D eigenvalue weighted by atomic mass is 10.6. The second-order valence-electron chi connectivity index (χ2n) is 1.38. The van der Waals surface area contributed by atoms with Crippen LogP contribution in [-0.2, 0) is 14.3 Å². The van der Waals surface area contributed by atoms with Gasteiger partial charge in [-0.2, -0.15) is 8.78 Å². The van der Waals surface area contributed by atoms with Gasteiger partial charge in [0, 0.05) is 6.08 Å². The van der Waals surface area contributed by atoms with E-state index in [1.54, 1.807) is 0 Å². The third kappa shape index (κ3) is 4.95. The average Bonchev–Trinajstić information content (AvgIpc) is 1.85. The molecule has 0 saturated carbocycles. The van der Waals surface area contributed by atoms with Crippen molar-refractivity contribution >= 4 is 11.9 Å². The molecule has 3 nitrogen and oxygen atoms in total. The van der Waals surface area contributed by atoms with Crippen LogP contribution in [0.4, 0.5) is 8.78 Å². The molecule has 0 spiro atoms. The molecule has 0 aromatic rings. The van der Waals surface area contributed by atoms with Gasteiger partial charge in [-0.25, -0.2) is 9.59 Å². The fourth-order valence-electron chi connectivity index (χ4n) is 0.259. The van der Waals surface area contributed by atoms with E-state index < -0.39 is 18.0 Å². The zero-order valence-electron chi connectivity index (χ0n) is 5.34. The zero-order valence-corrected chi connectivity index (χ0v) is 5.34. The number of halogens is 2. The van der Waals surface area contributed by atoms with Crippen molar-refractivity contribution in [1.82, 2.24) is 0 Å². The van der Waals surface area contributed by atoms with Crippen LogP contribution in [0.25, 0.3) is 0 Å². The van der Waals surface area contributed by atoms with Crippen LogP contribution in [0.3, 0.4) is 0 Å². The molecule has 0 bridgehead atoms. The van der Waals surface area contributed by atoms with Crippen LogP contribution < -0.4 is 0 Å². The van der Waals surface area contributed by atoms with Gasteiger partial charge in [0.15, 0.2) is 0 Å². The van der Waals surface area contributed by atoms with Gasteiger partial charge in [0.2, 0.25) is 0 Å². The minimum absolute atomic E-state index is 0.0958. The van der Waals surface area contributed by atoms with Crippen LogP contribution in [0.2, 0.25) is 0 Å². The van der Waals surface area contributed by atoms with Crippen LogP contribution in [0, 0.1) is 0 Å². The molecule has 0 aromatic carbocycles. The molecule has 0 radical (unpaired) electrons. The molecule has 0 atom stereocenters. The summed E-state index contributed by atoms with van der Waals surface area (Å²) in [5.74, 6) is -2.47. The van der Waals surface area contributed by atoms with E-state index in [4.69, 9.17) is 0 Å². The first-order valence-electron chi connectivity index (χ1n) is 2.47. The molecule has 0 aliphatic heterocycles. The molecule has 0 heterocycles. The van der Waals surface area contributed by atoms with Gasteiger partial charge in [-0.3, -0.25) is 0 Å². The Morgan fingerprint density at radius 2 is 1.82 bits per heavy atom. The highest BCUT2D eigenvalue weighted by molar-refractivity contribution is 5.96. The number of carbonyl (C=O) groups is 2. The highest BCUT2D eigenvalue weighted by Gasteiger charge is 2.04. The highest BCUT2D eigenvalue weighted by atomic mass is 19.3. The Bertz CT molecular complexity index is 216. The first kappa shape index (κ1) is 9.48. The number of rotatable bonds is 2. The number of esters is 2. The summed E-state index contributed by atoms with van der Waals surface area (Å²) in [6.45, 7) is 2.96. The van der Waals surface area contributed by atoms with Crippen molar-refractivity contribution in [3.8, 4) is 0 Å². The fraction of sp³-hybridized carbons (Fsp3) is 0. The molecule has 0 unspecified atom stereocenters. The van der Waals surface area contributed by atoms with Crippen molar-refractivity contribution in [3.63, 3.8) is 0 Å². The van der Waals surface area contributed by atoms with Crippen LogP contribution in [0.5, 0.6) is 0 Å². The van der Waals surface area contributed by atoms with Crippen molar-refractivity contribution in [2.75, 3.05) is 0 Å². The average molecular weight is 162 g/mol. The minimum atomic E-state index is -2.22. The largest absolute Gasteiger partial charge is 0.386 e. The summed E-state index contributed by atoms with van der Waals surface area (Å²) in [6.07, 6.45) is -1.62. The third-order valence-corrected chi connectivity index (χ3v) is 0.595. The Balaban J connectivity index is 3.99. The van der Waals surface area contributed by atoms with Crippen LogP contribution in [0.1, 0.15) is 0 Å². The molecule has 0 rings (SSSR count). The number of hydrogen-bond acceptors (Lipinski definition) is 3. The number of carbonyl (C=O) groups excluding carboxylic acids is 2. The van der Waals surface area contributed by atoms with Gasteiger partial charge in [0.1, 0.15) is 0 Å². The molecule has 0 N–H and O–H groups in total. The van der Waals surface area contributed by atoms with E-state index >= 15 is 0 Å². The normalized spacial score (nSPS) is 8.18. The summed E-state index contributed by atoms with van der Waals surface area (Å²) < 4.78 is 26.3. The third-order valence-electron chi connectivity index (χ3n) is 0.595. The highest BCUT2D eigenvalue weighted by Crippen LogP contribution is 1.97. The van der Waals surface area contributed by atoms with E-state index in [1.807, 2.05) is 0 Å². The van der Waals surface area contributed by atoms with E-state index in [-0.39, 0.29) is 6.08 Å². The number of ether oxygens (including phenoxy) is 1. The van der Waals surface area contributed by atoms with Crippen LogP contribution in [0.15, 0.2) is 24.8 Å². The maximum atomic E-state index is 11.3. The Labute approximate surface area is 61.0 Å². The molecular weight excluding hydrogens is 158 g/mol. The van der Waals surface area contributed by atoms with Crippen molar-refractivity contribution in [1.29, 1.82) is 0 Å². The van der Waals surface area contributed by atoms with Gasteiger partial charge in [-0.05, 0) is 0 Å². The molecule has 11 heavy (non-hydrogen) atoms. The first-order valence-corrected chi connectivity index (χ1v) is 2.47. The van der Waals surface area contributed by atoms with Crippen molar-refractivity contribution in [2.45, 2.75) is 0 Å². The predicted molar refractivity (Wildman–Crippen MR) is 31.6 cm³/mol.